The topological polar surface area (TPSA) is 108 Å². The molecule has 2 unspecified atom stereocenters. The van der Waals surface area contributed by atoms with Crippen LogP contribution in [0.4, 0.5) is 4.39 Å². The lowest BCUT2D eigenvalue weighted by Gasteiger charge is -2.23. The van der Waals surface area contributed by atoms with Crippen molar-refractivity contribution in [1.29, 1.82) is 0 Å². The number of carboxylic acid groups (broad SMARTS) is 1. The van der Waals surface area contributed by atoms with Crippen molar-refractivity contribution in [3.05, 3.63) is 35.8 Å². The Bertz CT molecular complexity index is 890. The minimum absolute atomic E-state index is 0.0499. The second-order valence-electron chi connectivity index (χ2n) is 6.49. The third-order valence-corrected chi connectivity index (χ3v) is 5.91. The molecule has 0 radical (unpaired) electrons. The van der Waals surface area contributed by atoms with E-state index < -0.39 is 34.0 Å². The number of hydrogen-bond acceptors (Lipinski definition) is 4. The van der Waals surface area contributed by atoms with Crippen molar-refractivity contribution in [3.8, 4) is 0 Å². The average molecular weight is 384 g/mol. The maximum atomic E-state index is 13.3. The van der Waals surface area contributed by atoms with Gasteiger partial charge in [-0.25, -0.2) is 17.5 Å². The van der Waals surface area contributed by atoms with E-state index in [0.717, 1.165) is 12.8 Å². The first-order valence-corrected chi connectivity index (χ1v) is 10.1. The van der Waals surface area contributed by atoms with Gasteiger partial charge in [0.25, 0.3) is 0 Å². The number of carbonyl (C=O) groups is 1. The number of carboxylic acids is 1. The quantitative estimate of drug-likeness (QED) is 0.674. The van der Waals surface area contributed by atoms with Gasteiger partial charge in [0.1, 0.15) is 11.9 Å². The molecule has 0 spiro atoms. The Morgan fingerprint density at radius 3 is 2.92 bits per heavy atom. The van der Waals surface area contributed by atoms with Gasteiger partial charge in [0.15, 0.2) is 0 Å². The number of halogens is 1. The van der Waals surface area contributed by atoms with Crippen LogP contribution < -0.4 is 4.72 Å². The molecule has 1 aliphatic heterocycles. The van der Waals surface area contributed by atoms with Crippen LogP contribution in [0.3, 0.4) is 0 Å². The highest BCUT2D eigenvalue weighted by Crippen LogP contribution is 2.21. The van der Waals surface area contributed by atoms with Gasteiger partial charge in [-0.3, -0.25) is 4.79 Å². The normalized spacial score (nSPS) is 19.5. The van der Waals surface area contributed by atoms with Gasteiger partial charge in [0, 0.05) is 30.1 Å². The first-order chi connectivity index (χ1) is 12.3. The largest absolute Gasteiger partial charge is 0.480 e. The molecule has 1 aromatic carbocycles. The highest BCUT2D eigenvalue weighted by atomic mass is 32.2. The van der Waals surface area contributed by atoms with Crippen molar-refractivity contribution in [2.45, 2.75) is 37.8 Å². The summed E-state index contributed by atoms with van der Waals surface area (Å²) in [5.74, 6) is -1.93. The number of aromatic nitrogens is 1. The van der Waals surface area contributed by atoms with E-state index in [1.807, 2.05) is 0 Å². The summed E-state index contributed by atoms with van der Waals surface area (Å²) in [6, 6.07) is 2.81. The SMILES string of the molecule is O=C(O)C(Cc1c[nH]c2cc(F)ccc12)NS(=O)(=O)CC1CCCCO1. The molecule has 0 aliphatic carbocycles. The third kappa shape index (κ3) is 4.60. The molecule has 3 rings (SSSR count). The van der Waals surface area contributed by atoms with E-state index in [1.165, 1.54) is 12.1 Å². The number of H-pyrrole nitrogens is 1. The number of rotatable bonds is 7. The van der Waals surface area contributed by atoms with Gasteiger partial charge < -0.3 is 14.8 Å². The molecule has 1 aromatic heterocycles. The van der Waals surface area contributed by atoms with E-state index in [4.69, 9.17) is 4.74 Å². The van der Waals surface area contributed by atoms with Crippen molar-refractivity contribution < 1.29 is 27.4 Å². The minimum atomic E-state index is -3.81. The van der Waals surface area contributed by atoms with Crippen LogP contribution in [0.2, 0.25) is 0 Å². The van der Waals surface area contributed by atoms with Crippen molar-refractivity contribution >= 4 is 26.9 Å². The van der Waals surface area contributed by atoms with Crippen LogP contribution in [0.1, 0.15) is 24.8 Å². The molecule has 9 heteroatoms. The van der Waals surface area contributed by atoms with Gasteiger partial charge in [-0.2, -0.15) is 0 Å². The predicted molar refractivity (Wildman–Crippen MR) is 93.9 cm³/mol. The summed E-state index contributed by atoms with van der Waals surface area (Å²) in [6.07, 6.45) is 3.56. The third-order valence-electron chi connectivity index (χ3n) is 4.45. The zero-order valence-electron chi connectivity index (χ0n) is 14.1. The van der Waals surface area contributed by atoms with Crippen molar-refractivity contribution in [1.82, 2.24) is 9.71 Å². The lowest BCUT2D eigenvalue weighted by atomic mass is 10.1. The van der Waals surface area contributed by atoms with Crippen LogP contribution in [-0.4, -0.2) is 49.0 Å². The summed E-state index contributed by atoms with van der Waals surface area (Å²) in [4.78, 5) is 14.4. The fourth-order valence-corrected chi connectivity index (χ4v) is 4.64. The zero-order valence-corrected chi connectivity index (χ0v) is 14.9. The predicted octanol–water partition coefficient (Wildman–Crippen LogP) is 1.79. The average Bonchev–Trinajstić information content (AvgIpc) is 2.96. The molecule has 2 atom stereocenters. The summed E-state index contributed by atoms with van der Waals surface area (Å²) < 4.78 is 45.6. The van der Waals surface area contributed by atoms with Crippen LogP contribution >= 0.6 is 0 Å². The summed E-state index contributed by atoms with van der Waals surface area (Å²) in [5.41, 5.74) is 1.13. The van der Waals surface area contributed by atoms with Crippen LogP contribution in [0.5, 0.6) is 0 Å². The number of hydrogen-bond donors (Lipinski definition) is 3. The minimum Gasteiger partial charge on any atom is -0.480 e. The fourth-order valence-electron chi connectivity index (χ4n) is 3.18. The molecule has 2 heterocycles. The maximum absolute atomic E-state index is 13.3. The van der Waals surface area contributed by atoms with Crippen LogP contribution in [0.15, 0.2) is 24.4 Å². The van der Waals surface area contributed by atoms with E-state index in [2.05, 4.69) is 9.71 Å². The summed E-state index contributed by atoms with van der Waals surface area (Å²) in [5, 5.41) is 10.1. The first kappa shape index (κ1) is 18.8. The van der Waals surface area contributed by atoms with Crippen molar-refractivity contribution in [2.24, 2.45) is 0 Å². The Hall–Kier alpha value is -1.97. The van der Waals surface area contributed by atoms with Gasteiger partial charge in [0.2, 0.25) is 10.0 Å². The first-order valence-electron chi connectivity index (χ1n) is 8.44. The number of benzene rings is 1. The lowest BCUT2D eigenvalue weighted by molar-refractivity contribution is -0.138. The summed E-state index contributed by atoms with van der Waals surface area (Å²) >= 11 is 0. The molecule has 0 saturated carbocycles. The van der Waals surface area contributed by atoms with Gasteiger partial charge in [-0.05, 0) is 43.0 Å². The monoisotopic (exact) mass is 384 g/mol. The van der Waals surface area contributed by atoms with E-state index in [9.17, 15) is 22.7 Å². The molecule has 2 aromatic rings. The van der Waals surface area contributed by atoms with Gasteiger partial charge in [0.05, 0.1) is 11.9 Å². The van der Waals surface area contributed by atoms with Gasteiger partial charge in [-0.1, -0.05) is 0 Å². The second-order valence-corrected chi connectivity index (χ2v) is 8.29. The van der Waals surface area contributed by atoms with Gasteiger partial charge in [-0.15, -0.1) is 0 Å². The number of fused-ring (bicyclic) bond motifs is 1. The summed E-state index contributed by atoms with van der Waals surface area (Å²) in [7, 11) is -3.81. The number of nitrogens with one attached hydrogen (secondary N) is 2. The molecular weight excluding hydrogens is 363 g/mol. The van der Waals surface area contributed by atoms with Gasteiger partial charge >= 0.3 is 5.97 Å². The number of aliphatic carboxylic acids is 1. The summed E-state index contributed by atoms with van der Waals surface area (Å²) in [6.45, 7) is 0.522. The molecule has 0 amide bonds. The smallest absolute Gasteiger partial charge is 0.322 e. The molecule has 26 heavy (non-hydrogen) atoms. The van der Waals surface area contributed by atoms with Crippen molar-refractivity contribution in [3.63, 3.8) is 0 Å². The molecule has 1 fully saturated rings. The molecule has 1 saturated heterocycles. The molecular formula is C17H21FN2O5S. The van der Waals surface area contributed by atoms with E-state index in [1.54, 1.807) is 12.3 Å². The standard InChI is InChI=1S/C17H21FN2O5S/c18-12-4-5-14-11(9-19-15(14)8-12)7-16(17(21)22)20-26(23,24)10-13-3-1-2-6-25-13/h4-5,8-9,13,16,19-20H,1-3,6-7,10H2,(H,21,22). The molecule has 3 N–H and O–H groups in total. The number of aromatic amines is 1. The molecule has 7 nitrogen and oxygen atoms in total. The molecule has 1 aliphatic rings. The Labute approximate surface area is 150 Å². The fraction of sp³-hybridized carbons (Fsp3) is 0.471. The number of sulfonamides is 1. The highest BCUT2D eigenvalue weighted by Gasteiger charge is 2.28. The lowest BCUT2D eigenvalue weighted by Crippen LogP contribution is -2.45. The molecule has 142 valence electrons. The maximum Gasteiger partial charge on any atom is 0.322 e. The van der Waals surface area contributed by atoms with Crippen LogP contribution in [-0.2, 0) is 26.0 Å². The molecule has 0 bridgehead atoms. The highest BCUT2D eigenvalue weighted by molar-refractivity contribution is 7.89. The Morgan fingerprint density at radius 1 is 1.42 bits per heavy atom. The zero-order chi connectivity index (χ0) is 18.7. The second kappa shape index (κ2) is 7.73. The van der Waals surface area contributed by atoms with E-state index in [-0.39, 0.29) is 12.2 Å². The Morgan fingerprint density at radius 2 is 2.23 bits per heavy atom. The van der Waals surface area contributed by atoms with Crippen LogP contribution in [0.25, 0.3) is 10.9 Å². The number of ether oxygens (including phenoxy) is 1. The van der Waals surface area contributed by atoms with E-state index in [0.29, 0.717) is 29.5 Å². The van der Waals surface area contributed by atoms with E-state index >= 15 is 0 Å². The van der Waals surface area contributed by atoms with Crippen LogP contribution in [0, 0.1) is 5.82 Å². The Kier molecular flexibility index (Phi) is 5.59. The van der Waals surface area contributed by atoms with Crippen molar-refractivity contribution in [2.75, 3.05) is 12.4 Å². The Balaban J connectivity index is 1.73.